The molecule has 1 N–H and O–H groups in total. The third-order valence-corrected chi connectivity index (χ3v) is 5.04. The summed E-state index contributed by atoms with van der Waals surface area (Å²) >= 11 is 0. The predicted octanol–water partition coefficient (Wildman–Crippen LogP) is 5.93. The van der Waals surface area contributed by atoms with Crippen molar-refractivity contribution >= 4 is 23.3 Å². The van der Waals surface area contributed by atoms with Gasteiger partial charge in [0.15, 0.2) is 0 Å². The smallest absolute Gasteiger partial charge is 0.272 e. The van der Waals surface area contributed by atoms with E-state index in [0.717, 1.165) is 18.1 Å². The molecule has 1 aliphatic carbocycles. The van der Waals surface area contributed by atoms with Gasteiger partial charge in [0.2, 0.25) is 0 Å². The number of nitrogens with zero attached hydrogens (tertiary/aromatic N) is 3. The van der Waals surface area contributed by atoms with Gasteiger partial charge in [-0.15, -0.1) is 0 Å². The highest BCUT2D eigenvalue weighted by Gasteiger charge is 2.26. The van der Waals surface area contributed by atoms with Crippen LogP contribution < -0.4 is 5.43 Å². The van der Waals surface area contributed by atoms with Crippen LogP contribution in [0.15, 0.2) is 58.2 Å². The van der Waals surface area contributed by atoms with Crippen LogP contribution in [0.2, 0.25) is 0 Å². The number of benzene rings is 1. The molecule has 2 rings (SSSR count). The molecule has 8 heteroatoms. The highest BCUT2D eigenvalue weighted by Crippen LogP contribution is 2.40. The van der Waals surface area contributed by atoms with Gasteiger partial charge in [-0.1, -0.05) is 31.6 Å². The second kappa shape index (κ2) is 9.27. The van der Waals surface area contributed by atoms with Crippen molar-refractivity contribution in [2.24, 2.45) is 10.5 Å². The summed E-state index contributed by atoms with van der Waals surface area (Å²) in [5.41, 5.74) is 5.85. The number of nitrogens with one attached hydrogen (secondary N) is 1. The van der Waals surface area contributed by atoms with Crippen LogP contribution in [0.1, 0.15) is 47.0 Å². The van der Waals surface area contributed by atoms with Crippen molar-refractivity contribution in [3.8, 4) is 0 Å². The summed E-state index contributed by atoms with van der Waals surface area (Å²) in [6, 6.07) is 3.37. The van der Waals surface area contributed by atoms with Crippen LogP contribution in [-0.2, 0) is 0 Å². The summed E-state index contributed by atoms with van der Waals surface area (Å²) < 4.78 is 0. The highest BCUT2D eigenvalue weighted by atomic mass is 16.6. The van der Waals surface area contributed by atoms with Crippen molar-refractivity contribution < 1.29 is 9.85 Å². The van der Waals surface area contributed by atoms with Gasteiger partial charge < -0.3 is 0 Å². The quantitative estimate of drug-likeness (QED) is 0.265. The maximum Gasteiger partial charge on any atom is 0.301 e. The lowest BCUT2D eigenvalue weighted by molar-refractivity contribution is -0.393. The fourth-order valence-corrected chi connectivity index (χ4v) is 3.42. The monoisotopic (exact) mass is 398 g/mol. The van der Waals surface area contributed by atoms with Gasteiger partial charge in [-0.2, -0.15) is 5.10 Å². The van der Waals surface area contributed by atoms with E-state index in [4.69, 9.17) is 0 Å². The molecule has 0 aromatic heterocycles. The summed E-state index contributed by atoms with van der Waals surface area (Å²) in [5, 5.41) is 25.9. The number of anilines is 1. The second-order valence-electron chi connectivity index (χ2n) is 7.78. The lowest BCUT2D eigenvalue weighted by Gasteiger charge is -2.32. The van der Waals surface area contributed by atoms with Gasteiger partial charge in [0.05, 0.1) is 15.9 Å². The van der Waals surface area contributed by atoms with E-state index in [1.54, 1.807) is 6.08 Å². The Morgan fingerprint density at radius 2 is 1.97 bits per heavy atom. The molecule has 0 unspecified atom stereocenters. The Kier molecular flexibility index (Phi) is 7.03. The summed E-state index contributed by atoms with van der Waals surface area (Å²) in [7, 11) is 0. The van der Waals surface area contributed by atoms with Crippen LogP contribution in [0.25, 0.3) is 0 Å². The maximum atomic E-state index is 11.1. The average Bonchev–Trinajstić information content (AvgIpc) is 2.64. The molecular weight excluding hydrogens is 372 g/mol. The highest BCUT2D eigenvalue weighted by molar-refractivity contribution is 5.75. The largest absolute Gasteiger partial charge is 0.301 e. The zero-order chi connectivity index (χ0) is 21.6. The Morgan fingerprint density at radius 3 is 2.59 bits per heavy atom. The van der Waals surface area contributed by atoms with E-state index in [1.165, 1.54) is 42.3 Å². The third-order valence-electron chi connectivity index (χ3n) is 5.04. The molecule has 8 nitrogen and oxygen atoms in total. The van der Waals surface area contributed by atoms with Gasteiger partial charge in [-0.3, -0.25) is 25.7 Å². The third kappa shape index (κ3) is 5.84. The maximum absolute atomic E-state index is 11.1. The second-order valence-corrected chi connectivity index (χ2v) is 7.78. The lowest BCUT2D eigenvalue weighted by atomic mass is 9.72. The first kappa shape index (κ1) is 22.0. The molecule has 0 saturated heterocycles. The summed E-state index contributed by atoms with van der Waals surface area (Å²) in [6.07, 6.45) is 11.0. The van der Waals surface area contributed by atoms with Crippen molar-refractivity contribution in [1.82, 2.24) is 0 Å². The van der Waals surface area contributed by atoms with Crippen LogP contribution >= 0.6 is 0 Å². The molecule has 0 spiro atoms. The van der Waals surface area contributed by atoms with Gasteiger partial charge in [-0.25, -0.2) is 0 Å². The van der Waals surface area contributed by atoms with Crippen LogP contribution in [0.4, 0.5) is 17.1 Å². The van der Waals surface area contributed by atoms with E-state index in [9.17, 15) is 20.2 Å². The van der Waals surface area contributed by atoms with E-state index >= 15 is 0 Å². The summed E-state index contributed by atoms with van der Waals surface area (Å²) in [4.78, 5) is 20.5. The molecule has 154 valence electrons. The fourth-order valence-electron chi connectivity index (χ4n) is 3.42. The SMILES string of the molecule is CC1=C(/C=C/C(C)=C/C=N\Nc2ccc([N+](=O)[O-])cc2[N+](=O)[O-])C(C)(C)CCC1. The van der Waals surface area contributed by atoms with Crippen molar-refractivity contribution in [2.45, 2.75) is 47.0 Å². The lowest BCUT2D eigenvalue weighted by Crippen LogP contribution is -2.19. The number of hydrogen-bond donors (Lipinski definition) is 1. The molecule has 0 bridgehead atoms. The van der Waals surface area contributed by atoms with Gasteiger partial charge in [0.25, 0.3) is 5.69 Å². The standard InChI is InChI=1S/C21H26N4O4/c1-15(7-9-18-16(2)6-5-12-21(18,3)4)11-13-22-23-19-10-8-17(24(26)27)14-20(19)25(28)29/h7-11,13-14,23H,5-6,12H2,1-4H3/b9-7+,15-11+,22-13-. The molecule has 0 saturated carbocycles. The average molecular weight is 398 g/mol. The minimum atomic E-state index is -0.684. The Morgan fingerprint density at radius 1 is 1.24 bits per heavy atom. The van der Waals surface area contributed by atoms with Gasteiger partial charge in [0, 0.05) is 12.3 Å². The molecule has 0 aliphatic heterocycles. The number of non-ortho nitro benzene ring substituents is 1. The molecule has 0 amide bonds. The van der Waals surface area contributed by atoms with Crippen LogP contribution in [-0.4, -0.2) is 16.1 Å². The molecular formula is C21H26N4O4. The van der Waals surface area contributed by atoms with E-state index < -0.39 is 15.5 Å². The van der Waals surface area contributed by atoms with Crippen LogP contribution in [0.5, 0.6) is 0 Å². The van der Waals surface area contributed by atoms with E-state index in [0.29, 0.717) is 0 Å². The van der Waals surface area contributed by atoms with Gasteiger partial charge in [-0.05, 0) is 61.8 Å². The van der Waals surface area contributed by atoms with E-state index in [1.807, 2.05) is 13.0 Å². The molecule has 0 fully saturated rings. The molecule has 29 heavy (non-hydrogen) atoms. The van der Waals surface area contributed by atoms with E-state index in [-0.39, 0.29) is 16.8 Å². The minimum Gasteiger partial charge on any atom is -0.272 e. The number of allylic oxidation sites excluding steroid dienone is 6. The zero-order valence-electron chi connectivity index (χ0n) is 17.1. The number of rotatable bonds is 7. The normalized spacial score (nSPS) is 17.2. The molecule has 0 atom stereocenters. The predicted molar refractivity (Wildman–Crippen MR) is 115 cm³/mol. The molecule has 1 aliphatic rings. The minimum absolute atomic E-state index is 0.0863. The molecule has 0 heterocycles. The zero-order valence-corrected chi connectivity index (χ0v) is 17.1. The van der Waals surface area contributed by atoms with Crippen LogP contribution in [0.3, 0.4) is 0 Å². The first-order valence-electron chi connectivity index (χ1n) is 9.39. The Bertz CT molecular complexity index is 927. The molecule has 1 aromatic carbocycles. The van der Waals surface area contributed by atoms with E-state index in [2.05, 4.69) is 37.4 Å². The van der Waals surface area contributed by atoms with Crippen molar-refractivity contribution in [3.05, 3.63) is 73.4 Å². The van der Waals surface area contributed by atoms with Crippen molar-refractivity contribution in [3.63, 3.8) is 0 Å². The Labute approximate surface area is 170 Å². The van der Waals surface area contributed by atoms with Gasteiger partial charge >= 0.3 is 5.69 Å². The first-order valence-corrected chi connectivity index (χ1v) is 9.39. The number of hydrazone groups is 1. The first-order chi connectivity index (χ1) is 13.6. The Hall–Kier alpha value is -3.29. The van der Waals surface area contributed by atoms with Crippen LogP contribution in [0, 0.1) is 25.6 Å². The number of hydrogen-bond acceptors (Lipinski definition) is 6. The van der Waals surface area contributed by atoms with Crippen molar-refractivity contribution in [2.75, 3.05) is 5.43 Å². The molecule has 1 aromatic rings. The fraction of sp³-hybridized carbons (Fsp3) is 0.381. The number of nitro benzene ring substituents is 2. The topological polar surface area (TPSA) is 111 Å². The Balaban J connectivity index is 2.08. The van der Waals surface area contributed by atoms with Gasteiger partial charge in [0.1, 0.15) is 5.69 Å². The number of nitro groups is 2. The molecule has 0 radical (unpaired) electrons. The summed E-state index contributed by atoms with van der Waals surface area (Å²) in [6.45, 7) is 8.65. The summed E-state index contributed by atoms with van der Waals surface area (Å²) in [5.74, 6) is 0. The van der Waals surface area contributed by atoms with Crippen molar-refractivity contribution in [1.29, 1.82) is 0 Å².